The number of ether oxygens (including phenoxy) is 3. The monoisotopic (exact) mass is 381 g/mol. The number of aliphatic imine (C=N–C) groups is 1. The fraction of sp³-hybridized carbons (Fsp3) is 0.350. The van der Waals surface area contributed by atoms with E-state index in [4.69, 9.17) is 9.47 Å². The van der Waals surface area contributed by atoms with E-state index in [1.807, 2.05) is 31.2 Å². The molecule has 0 radical (unpaired) electrons. The van der Waals surface area contributed by atoms with Crippen molar-refractivity contribution in [3.63, 3.8) is 0 Å². The van der Waals surface area contributed by atoms with Crippen molar-refractivity contribution in [3.05, 3.63) is 59.7 Å². The van der Waals surface area contributed by atoms with E-state index in [-0.39, 0.29) is 12.4 Å². The predicted molar refractivity (Wildman–Crippen MR) is 97.5 cm³/mol. The third-order valence-electron chi connectivity index (χ3n) is 3.46. The standard InChI is InChI=1S/C20H22F3NO3/c1-2-25-13-3-12-24-14-16-4-8-18(9-5-16)26-15-17-6-10-19(11-7-17)27-20(21,22)23/h4-11,14H,2-3,12-13,15H2,1H3/b24-14+. The molecule has 0 saturated heterocycles. The lowest BCUT2D eigenvalue weighted by Gasteiger charge is -2.10. The molecule has 4 nitrogen and oxygen atoms in total. The molecular weight excluding hydrogens is 359 g/mol. The maximum Gasteiger partial charge on any atom is 0.573 e. The first-order valence-electron chi connectivity index (χ1n) is 8.61. The Balaban J connectivity index is 1.77. The number of hydrogen-bond acceptors (Lipinski definition) is 4. The Labute approximate surface area is 156 Å². The third kappa shape index (κ3) is 8.59. The minimum Gasteiger partial charge on any atom is -0.489 e. The number of rotatable bonds is 10. The zero-order chi connectivity index (χ0) is 19.5. The highest BCUT2D eigenvalue weighted by Crippen LogP contribution is 2.23. The highest BCUT2D eigenvalue weighted by Gasteiger charge is 2.30. The average molecular weight is 381 g/mol. The van der Waals surface area contributed by atoms with Crippen LogP contribution < -0.4 is 9.47 Å². The van der Waals surface area contributed by atoms with Crippen LogP contribution in [-0.2, 0) is 11.3 Å². The summed E-state index contributed by atoms with van der Waals surface area (Å²) in [5.74, 6) is 0.412. The first-order chi connectivity index (χ1) is 13.0. The molecule has 2 aromatic carbocycles. The normalized spacial score (nSPS) is 11.7. The Morgan fingerprint density at radius 1 is 0.963 bits per heavy atom. The van der Waals surface area contributed by atoms with Crippen molar-refractivity contribution in [2.75, 3.05) is 19.8 Å². The molecule has 0 amide bonds. The minimum absolute atomic E-state index is 0.247. The van der Waals surface area contributed by atoms with Crippen LogP contribution in [0.25, 0.3) is 0 Å². The molecule has 2 aromatic rings. The summed E-state index contributed by atoms with van der Waals surface area (Å²) in [7, 11) is 0. The Kier molecular flexibility index (Phi) is 8.13. The van der Waals surface area contributed by atoms with E-state index < -0.39 is 6.36 Å². The summed E-state index contributed by atoms with van der Waals surface area (Å²) in [4.78, 5) is 4.33. The number of benzene rings is 2. The van der Waals surface area contributed by atoms with E-state index >= 15 is 0 Å². The molecule has 146 valence electrons. The lowest BCUT2D eigenvalue weighted by molar-refractivity contribution is -0.274. The second-order valence-electron chi connectivity index (χ2n) is 5.64. The quantitative estimate of drug-likeness (QED) is 0.429. The van der Waals surface area contributed by atoms with Crippen LogP contribution in [0.2, 0.25) is 0 Å². The fourth-order valence-corrected chi connectivity index (χ4v) is 2.18. The van der Waals surface area contributed by atoms with Crippen molar-refractivity contribution in [2.24, 2.45) is 4.99 Å². The van der Waals surface area contributed by atoms with Gasteiger partial charge in [0.15, 0.2) is 0 Å². The molecule has 0 aliphatic carbocycles. The lowest BCUT2D eigenvalue weighted by atomic mass is 10.2. The van der Waals surface area contributed by atoms with E-state index in [2.05, 4.69) is 9.73 Å². The fourth-order valence-electron chi connectivity index (χ4n) is 2.18. The van der Waals surface area contributed by atoms with Gasteiger partial charge in [0.1, 0.15) is 18.1 Å². The van der Waals surface area contributed by atoms with Crippen LogP contribution in [0, 0.1) is 0 Å². The van der Waals surface area contributed by atoms with Crippen molar-refractivity contribution in [1.82, 2.24) is 0 Å². The summed E-state index contributed by atoms with van der Waals surface area (Å²) < 4.78 is 51.1. The molecule has 0 fully saturated rings. The lowest BCUT2D eigenvalue weighted by Crippen LogP contribution is -2.17. The van der Waals surface area contributed by atoms with E-state index in [0.29, 0.717) is 18.9 Å². The molecule has 7 heteroatoms. The Morgan fingerprint density at radius 3 is 2.26 bits per heavy atom. The van der Waals surface area contributed by atoms with Gasteiger partial charge in [-0.25, -0.2) is 0 Å². The average Bonchev–Trinajstić information content (AvgIpc) is 2.64. The van der Waals surface area contributed by atoms with E-state index in [1.54, 1.807) is 6.21 Å². The van der Waals surface area contributed by atoms with E-state index in [1.165, 1.54) is 24.3 Å². The summed E-state index contributed by atoms with van der Waals surface area (Å²) in [6.45, 7) is 4.36. The molecule has 0 bridgehead atoms. The highest BCUT2D eigenvalue weighted by atomic mass is 19.4. The van der Waals surface area contributed by atoms with Gasteiger partial charge in [-0.05, 0) is 60.9 Å². The van der Waals surface area contributed by atoms with Gasteiger partial charge in [-0.3, -0.25) is 4.99 Å². The van der Waals surface area contributed by atoms with Crippen molar-refractivity contribution >= 4 is 6.21 Å². The number of hydrogen-bond donors (Lipinski definition) is 0. The molecule has 0 aromatic heterocycles. The molecule has 0 unspecified atom stereocenters. The van der Waals surface area contributed by atoms with Gasteiger partial charge >= 0.3 is 6.36 Å². The van der Waals surface area contributed by atoms with Crippen LogP contribution >= 0.6 is 0 Å². The van der Waals surface area contributed by atoms with Gasteiger partial charge in [0.05, 0.1) is 0 Å². The maximum atomic E-state index is 12.1. The van der Waals surface area contributed by atoms with Crippen molar-refractivity contribution in [3.8, 4) is 11.5 Å². The summed E-state index contributed by atoms with van der Waals surface area (Å²) in [5, 5.41) is 0. The molecule has 0 spiro atoms. The first kappa shape index (κ1) is 20.8. The smallest absolute Gasteiger partial charge is 0.489 e. The highest BCUT2D eigenvalue weighted by molar-refractivity contribution is 5.79. The van der Waals surface area contributed by atoms with Gasteiger partial charge in [-0.1, -0.05) is 12.1 Å². The SMILES string of the molecule is CCOCCC/N=C/c1ccc(OCc2ccc(OC(F)(F)F)cc2)cc1. The predicted octanol–water partition coefficient (Wildman–Crippen LogP) is 5.01. The van der Waals surface area contributed by atoms with Gasteiger partial charge in [0.25, 0.3) is 0 Å². The van der Waals surface area contributed by atoms with Gasteiger partial charge in [0.2, 0.25) is 0 Å². The van der Waals surface area contributed by atoms with Gasteiger partial charge in [0, 0.05) is 26.0 Å². The van der Waals surface area contributed by atoms with Crippen LogP contribution in [0.15, 0.2) is 53.5 Å². The molecule has 27 heavy (non-hydrogen) atoms. The Hall–Kier alpha value is -2.54. The molecule has 0 heterocycles. The minimum atomic E-state index is -4.69. The van der Waals surface area contributed by atoms with Crippen molar-refractivity contribution < 1.29 is 27.4 Å². The van der Waals surface area contributed by atoms with Crippen molar-refractivity contribution in [1.29, 1.82) is 0 Å². The molecule has 0 aliphatic rings. The van der Waals surface area contributed by atoms with Crippen LogP contribution in [-0.4, -0.2) is 32.3 Å². The summed E-state index contributed by atoms with van der Waals surface area (Å²) in [6, 6.07) is 13.0. The summed E-state index contributed by atoms with van der Waals surface area (Å²) >= 11 is 0. The van der Waals surface area contributed by atoms with E-state index in [0.717, 1.165) is 24.2 Å². The van der Waals surface area contributed by atoms with Gasteiger partial charge in [-0.2, -0.15) is 0 Å². The molecular formula is C20H22F3NO3. The largest absolute Gasteiger partial charge is 0.573 e. The van der Waals surface area contributed by atoms with Gasteiger partial charge < -0.3 is 14.2 Å². The zero-order valence-electron chi connectivity index (χ0n) is 15.0. The van der Waals surface area contributed by atoms with Crippen LogP contribution in [0.5, 0.6) is 11.5 Å². The maximum absolute atomic E-state index is 12.1. The van der Waals surface area contributed by atoms with Crippen LogP contribution in [0.4, 0.5) is 13.2 Å². The zero-order valence-corrected chi connectivity index (χ0v) is 15.0. The number of halogens is 3. The van der Waals surface area contributed by atoms with E-state index in [9.17, 15) is 13.2 Å². The molecule has 2 rings (SSSR count). The Bertz CT molecular complexity index is 698. The summed E-state index contributed by atoms with van der Waals surface area (Å²) in [6.07, 6.45) is -2.00. The second kappa shape index (κ2) is 10.6. The molecule has 0 atom stereocenters. The number of nitrogens with zero attached hydrogens (tertiary/aromatic N) is 1. The first-order valence-corrected chi connectivity index (χ1v) is 8.61. The molecule has 0 N–H and O–H groups in total. The number of alkyl halides is 3. The molecule has 0 aliphatic heterocycles. The molecule has 0 saturated carbocycles. The Morgan fingerprint density at radius 2 is 1.63 bits per heavy atom. The van der Waals surface area contributed by atoms with Crippen molar-refractivity contribution in [2.45, 2.75) is 26.3 Å². The van der Waals surface area contributed by atoms with Crippen LogP contribution in [0.1, 0.15) is 24.5 Å². The van der Waals surface area contributed by atoms with Crippen LogP contribution in [0.3, 0.4) is 0 Å². The van der Waals surface area contributed by atoms with Gasteiger partial charge in [-0.15, -0.1) is 13.2 Å². The topological polar surface area (TPSA) is 40.0 Å². The third-order valence-corrected chi connectivity index (χ3v) is 3.46. The summed E-state index contributed by atoms with van der Waals surface area (Å²) in [5.41, 5.74) is 1.71. The second-order valence-corrected chi connectivity index (χ2v) is 5.64.